The quantitative estimate of drug-likeness (QED) is 0.555. The van der Waals surface area contributed by atoms with Gasteiger partial charge in [0, 0.05) is 15.5 Å². The van der Waals surface area contributed by atoms with Gasteiger partial charge in [-0.2, -0.15) is 0 Å². The lowest BCUT2D eigenvalue weighted by atomic mass is 10.0. The van der Waals surface area contributed by atoms with Crippen molar-refractivity contribution in [3.05, 3.63) is 65.4 Å². The van der Waals surface area contributed by atoms with Crippen LogP contribution in [0, 0.1) is 5.82 Å². The first kappa shape index (κ1) is 12.5. The van der Waals surface area contributed by atoms with Crippen LogP contribution >= 0.6 is 24.2 Å². The Morgan fingerprint density at radius 2 is 1.53 bits per heavy atom. The Morgan fingerprint density at radius 1 is 0.842 bits per heavy atom. The van der Waals surface area contributed by atoms with E-state index < -0.39 is 0 Å². The molecule has 0 nitrogen and oxygen atoms in total. The van der Waals surface area contributed by atoms with Gasteiger partial charge in [0.25, 0.3) is 0 Å². The third kappa shape index (κ3) is 2.34. The Bertz CT molecular complexity index is 768. The van der Waals surface area contributed by atoms with Crippen LogP contribution in [0.1, 0.15) is 0 Å². The van der Waals surface area contributed by atoms with Crippen LogP contribution in [0.15, 0.2) is 59.5 Å². The van der Waals surface area contributed by atoms with Gasteiger partial charge in [-0.05, 0) is 46.7 Å². The molecule has 0 saturated carbocycles. The molecule has 0 amide bonds. The van der Waals surface area contributed by atoms with Gasteiger partial charge < -0.3 is 0 Å². The first-order valence-corrected chi connectivity index (χ1v) is 6.65. The molecule has 0 radical (unpaired) electrons. The molecule has 3 aromatic rings. The topological polar surface area (TPSA) is 0 Å². The molecule has 0 aliphatic carbocycles. The van der Waals surface area contributed by atoms with Crippen molar-refractivity contribution in [2.45, 2.75) is 4.90 Å². The zero-order valence-corrected chi connectivity index (χ0v) is 11.5. The molecule has 0 N–H and O–H groups in total. The average molecular weight is 289 g/mol. The molecule has 0 fully saturated rings. The Kier molecular flexibility index (Phi) is 3.21. The Labute approximate surface area is 121 Å². The molecular weight excluding hydrogens is 279 g/mol. The molecule has 3 rings (SSSR count). The fourth-order valence-corrected chi connectivity index (χ4v) is 2.64. The fraction of sp³-hybridized carbons (Fsp3) is 0. The maximum atomic E-state index is 13.9. The van der Waals surface area contributed by atoms with Crippen LogP contribution in [0.5, 0.6) is 0 Å². The van der Waals surface area contributed by atoms with E-state index in [1.165, 1.54) is 6.07 Å². The average Bonchev–Trinajstić information content (AvgIpc) is 2.41. The van der Waals surface area contributed by atoms with Gasteiger partial charge in [0.2, 0.25) is 0 Å². The predicted molar refractivity (Wildman–Crippen MR) is 81.6 cm³/mol. The summed E-state index contributed by atoms with van der Waals surface area (Å²) in [5.74, 6) is -0.296. The Balaban J connectivity index is 2.30. The van der Waals surface area contributed by atoms with Gasteiger partial charge >= 0.3 is 0 Å². The third-order valence-electron chi connectivity index (χ3n) is 3.08. The lowest BCUT2D eigenvalue weighted by Crippen LogP contribution is -1.87. The van der Waals surface area contributed by atoms with Crippen molar-refractivity contribution < 1.29 is 4.39 Å². The van der Waals surface area contributed by atoms with Gasteiger partial charge in [-0.1, -0.05) is 35.9 Å². The molecular formula is C16H10ClFS. The normalized spacial score (nSPS) is 10.9. The summed E-state index contributed by atoms with van der Waals surface area (Å²) in [5.41, 5.74) is 1.23. The molecule has 94 valence electrons. The van der Waals surface area contributed by atoms with Crippen molar-refractivity contribution in [1.82, 2.24) is 0 Å². The molecule has 0 aromatic heterocycles. The van der Waals surface area contributed by atoms with Crippen LogP contribution < -0.4 is 0 Å². The molecule has 0 bridgehead atoms. The number of hydrogen-bond acceptors (Lipinski definition) is 1. The Morgan fingerprint density at radius 3 is 2.26 bits per heavy atom. The van der Waals surface area contributed by atoms with E-state index in [0.29, 0.717) is 10.6 Å². The van der Waals surface area contributed by atoms with Crippen LogP contribution in [0.3, 0.4) is 0 Å². The summed E-state index contributed by atoms with van der Waals surface area (Å²) in [7, 11) is 0. The van der Waals surface area contributed by atoms with Gasteiger partial charge in [0.15, 0.2) is 0 Å². The van der Waals surface area contributed by atoms with Gasteiger partial charge in [-0.25, -0.2) is 4.39 Å². The molecule has 0 unspecified atom stereocenters. The lowest BCUT2D eigenvalue weighted by Gasteiger charge is -2.09. The van der Waals surface area contributed by atoms with E-state index in [2.05, 4.69) is 12.6 Å². The van der Waals surface area contributed by atoms with E-state index in [1.54, 1.807) is 12.1 Å². The van der Waals surface area contributed by atoms with Gasteiger partial charge in [0.1, 0.15) is 5.82 Å². The van der Waals surface area contributed by atoms with E-state index in [-0.39, 0.29) is 5.82 Å². The number of rotatable bonds is 1. The van der Waals surface area contributed by atoms with Gasteiger partial charge in [0.05, 0.1) is 0 Å². The number of halogens is 2. The van der Waals surface area contributed by atoms with Crippen LogP contribution in [0.25, 0.3) is 21.9 Å². The highest BCUT2D eigenvalue weighted by atomic mass is 35.5. The second-order valence-corrected chi connectivity index (χ2v) is 5.26. The summed E-state index contributed by atoms with van der Waals surface area (Å²) in [5, 5.41) is 2.64. The Hall–Kier alpha value is -1.51. The van der Waals surface area contributed by atoms with Crippen LogP contribution in [-0.2, 0) is 0 Å². The number of hydrogen-bond donors (Lipinski definition) is 1. The summed E-state index contributed by atoms with van der Waals surface area (Å²) in [6.07, 6.45) is 0. The summed E-state index contributed by atoms with van der Waals surface area (Å²) in [4.78, 5) is 0.736. The highest BCUT2D eigenvalue weighted by Crippen LogP contribution is 2.33. The molecule has 19 heavy (non-hydrogen) atoms. The van der Waals surface area contributed by atoms with Gasteiger partial charge in [-0.15, -0.1) is 12.6 Å². The van der Waals surface area contributed by atoms with E-state index in [0.717, 1.165) is 21.2 Å². The summed E-state index contributed by atoms with van der Waals surface area (Å²) in [6, 6.07) is 16.3. The van der Waals surface area contributed by atoms with E-state index in [1.807, 2.05) is 36.4 Å². The zero-order chi connectivity index (χ0) is 13.4. The smallest absolute Gasteiger partial charge is 0.131 e. The molecule has 0 saturated heterocycles. The van der Waals surface area contributed by atoms with Crippen molar-refractivity contribution in [1.29, 1.82) is 0 Å². The highest BCUT2D eigenvalue weighted by Gasteiger charge is 2.10. The summed E-state index contributed by atoms with van der Waals surface area (Å²) in [6.45, 7) is 0. The van der Waals surface area contributed by atoms with Crippen molar-refractivity contribution in [3.63, 3.8) is 0 Å². The third-order valence-corrected chi connectivity index (χ3v) is 3.69. The maximum Gasteiger partial charge on any atom is 0.131 e. The van der Waals surface area contributed by atoms with Crippen molar-refractivity contribution >= 4 is 35.0 Å². The standard InChI is InChI=1S/C16H10ClFS/c17-12-5-6-15(18)13(9-12)14-7-10-3-1-2-4-11(10)8-16(14)19/h1-9,19H. The first-order valence-electron chi connectivity index (χ1n) is 5.82. The molecule has 0 atom stereocenters. The lowest BCUT2D eigenvalue weighted by molar-refractivity contribution is 0.631. The van der Waals surface area contributed by atoms with Crippen molar-refractivity contribution in [2.24, 2.45) is 0 Å². The number of thiol groups is 1. The van der Waals surface area contributed by atoms with E-state index in [4.69, 9.17) is 11.6 Å². The number of fused-ring (bicyclic) bond motifs is 1. The highest BCUT2D eigenvalue weighted by molar-refractivity contribution is 7.80. The summed E-state index contributed by atoms with van der Waals surface area (Å²) < 4.78 is 13.9. The zero-order valence-electron chi connectivity index (χ0n) is 9.90. The molecule has 0 aliphatic rings. The monoisotopic (exact) mass is 288 g/mol. The van der Waals surface area contributed by atoms with Crippen molar-refractivity contribution in [2.75, 3.05) is 0 Å². The molecule has 0 spiro atoms. The summed E-state index contributed by atoms with van der Waals surface area (Å²) >= 11 is 10.4. The van der Waals surface area contributed by atoms with Crippen LogP contribution in [-0.4, -0.2) is 0 Å². The molecule has 0 aliphatic heterocycles. The largest absolute Gasteiger partial charge is 0.206 e. The minimum absolute atomic E-state index is 0.296. The number of benzene rings is 3. The fourth-order valence-electron chi connectivity index (χ4n) is 2.15. The second kappa shape index (κ2) is 4.87. The van der Waals surface area contributed by atoms with Crippen LogP contribution in [0.4, 0.5) is 4.39 Å². The van der Waals surface area contributed by atoms with E-state index in [9.17, 15) is 4.39 Å². The molecule has 3 aromatic carbocycles. The maximum absolute atomic E-state index is 13.9. The van der Waals surface area contributed by atoms with Crippen molar-refractivity contribution in [3.8, 4) is 11.1 Å². The minimum atomic E-state index is -0.296. The first-order chi connectivity index (χ1) is 9.15. The molecule has 0 heterocycles. The van der Waals surface area contributed by atoms with E-state index >= 15 is 0 Å². The second-order valence-electron chi connectivity index (χ2n) is 4.34. The van der Waals surface area contributed by atoms with Crippen LogP contribution in [0.2, 0.25) is 5.02 Å². The van der Waals surface area contributed by atoms with Gasteiger partial charge in [-0.3, -0.25) is 0 Å². The minimum Gasteiger partial charge on any atom is -0.206 e. The SMILES string of the molecule is Fc1ccc(Cl)cc1-c1cc2ccccc2cc1S. The predicted octanol–water partition coefficient (Wildman–Crippen LogP) is 5.59. The molecule has 3 heteroatoms.